The van der Waals surface area contributed by atoms with Crippen LogP contribution in [0.1, 0.15) is 6.42 Å². The first-order valence-electron chi connectivity index (χ1n) is 9.58. The lowest BCUT2D eigenvalue weighted by Crippen LogP contribution is -2.51. The van der Waals surface area contributed by atoms with E-state index in [4.69, 9.17) is 4.74 Å². The molecule has 1 fully saturated rings. The van der Waals surface area contributed by atoms with Crippen LogP contribution in [-0.4, -0.2) is 59.3 Å². The van der Waals surface area contributed by atoms with Crippen LogP contribution >= 0.6 is 0 Å². The fourth-order valence-electron chi connectivity index (χ4n) is 3.93. The molecule has 31 heavy (non-hydrogen) atoms. The summed E-state index contributed by atoms with van der Waals surface area (Å²) in [5.74, 6) is -2.42. The van der Waals surface area contributed by atoms with Crippen molar-refractivity contribution in [1.29, 1.82) is 0 Å². The van der Waals surface area contributed by atoms with Crippen LogP contribution in [0.5, 0.6) is 0 Å². The molecule has 2 aromatic rings. The fraction of sp³-hybridized carbons (Fsp3) is 0.474. The van der Waals surface area contributed by atoms with Gasteiger partial charge >= 0.3 is 6.18 Å². The number of aliphatic hydroxyl groups excluding tert-OH is 1. The maximum absolute atomic E-state index is 13.8. The van der Waals surface area contributed by atoms with Crippen molar-refractivity contribution in [2.45, 2.75) is 31.2 Å². The highest BCUT2D eigenvalue weighted by molar-refractivity contribution is 5.62. The van der Waals surface area contributed by atoms with E-state index in [1.54, 1.807) is 4.90 Å². The molecule has 0 radical (unpaired) electrons. The molecule has 2 aliphatic rings. The quantitative estimate of drug-likeness (QED) is 0.730. The molecule has 0 amide bonds. The number of alkyl halides is 3. The van der Waals surface area contributed by atoms with E-state index in [0.29, 0.717) is 11.0 Å². The molecule has 2 atom stereocenters. The van der Waals surface area contributed by atoms with Crippen molar-refractivity contribution in [3.05, 3.63) is 46.3 Å². The number of aromatic nitrogens is 2. The normalized spacial score (nSPS) is 21.9. The van der Waals surface area contributed by atoms with Gasteiger partial charge in [0.1, 0.15) is 23.5 Å². The van der Waals surface area contributed by atoms with Crippen molar-refractivity contribution in [2.75, 3.05) is 36.2 Å². The SMILES string of the molecule is O=c1cc(N2CCOCC2CO)nc2n1CCC(C(F)(F)F)N2c1cc(F)cc(F)c1. The molecule has 1 aromatic heterocycles. The van der Waals surface area contributed by atoms with E-state index in [9.17, 15) is 31.9 Å². The molecule has 3 heterocycles. The third-order valence-corrected chi connectivity index (χ3v) is 5.36. The number of fused-ring (bicyclic) bond motifs is 1. The summed E-state index contributed by atoms with van der Waals surface area (Å²) in [6, 6.07) is 0.589. The minimum Gasteiger partial charge on any atom is -0.394 e. The smallest absolute Gasteiger partial charge is 0.394 e. The zero-order valence-corrected chi connectivity index (χ0v) is 16.1. The molecule has 1 aromatic carbocycles. The van der Waals surface area contributed by atoms with Crippen LogP contribution in [0.3, 0.4) is 0 Å². The zero-order chi connectivity index (χ0) is 22.3. The number of hydrogen-bond acceptors (Lipinski definition) is 6. The average Bonchev–Trinajstić information content (AvgIpc) is 2.71. The molecule has 0 bridgehead atoms. The highest BCUT2D eigenvalue weighted by atomic mass is 19.4. The highest BCUT2D eigenvalue weighted by Gasteiger charge is 2.48. The Hall–Kier alpha value is -2.73. The Kier molecular flexibility index (Phi) is 5.60. The molecule has 1 saturated heterocycles. The van der Waals surface area contributed by atoms with Gasteiger partial charge in [-0.05, 0) is 18.6 Å². The number of morpholine rings is 1. The lowest BCUT2D eigenvalue weighted by Gasteiger charge is -2.40. The Morgan fingerprint density at radius 2 is 1.84 bits per heavy atom. The maximum Gasteiger partial charge on any atom is 0.409 e. The van der Waals surface area contributed by atoms with E-state index in [1.807, 2.05) is 0 Å². The van der Waals surface area contributed by atoms with Gasteiger partial charge in [-0.3, -0.25) is 14.3 Å². The standard InChI is InChI=1S/C19H19F5N4O3/c20-11-5-12(21)7-13(6-11)28-15(19(22,23)24)1-2-27-17(30)8-16(25-18(27)28)26-3-4-31-10-14(26)9-29/h5-8,14-15,29H,1-4,9-10H2. The number of nitrogens with zero attached hydrogens (tertiary/aromatic N) is 4. The number of ether oxygens (including phenoxy) is 1. The topological polar surface area (TPSA) is 70.8 Å². The summed E-state index contributed by atoms with van der Waals surface area (Å²) in [7, 11) is 0. The molecule has 168 valence electrons. The van der Waals surface area contributed by atoms with Gasteiger partial charge < -0.3 is 14.7 Å². The maximum atomic E-state index is 13.8. The minimum atomic E-state index is -4.74. The Morgan fingerprint density at radius 1 is 1.13 bits per heavy atom. The zero-order valence-electron chi connectivity index (χ0n) is 16.1. The average molecular weight is 446 g/mol. The minimum absolute atomic E-state index is 0.0586. The van der Waals surface area contributed by atoms with Gasteiger partial charge in [0.25, 0.3) is 5.56 Å². The summed E-state index contributed by atoms with van der Waals surface area (Å²) in [5, 5.41) is 9.59. The van der Waals surface area contributed by atoms with E-state index >= 15 is 0 Å². The molecule has 1 N–H and O–H groups in total. The van der Waals surface area contributed by atoms with Crippen LogP contribution in [-0.2, 0) is 11.3 Å². The summed E-state index contributed by atoms with van der Waals surface area (Å²) in [5.41, 5.74) is -1.01. The van der Waals surface area contributed by atoms with E-state index in [2.05, 4.69) is 4.98 Å². The molecule has 12 heteroatoms. The lowest BCUT2D eigenvalue weighted by molar-refractivity contribution is -0.150. The van der Waals surface area contributed by atoms with Crippen molar-refractivity contribution in [3.63, 3.8) is 0 Å². The molecular formula is C19H19F5N4O3. The monoisotopic (exact) mass is 446 g/mol. The highest BCUT2D eigenvalue weighted by Crippen LogP contribution is 2.39. The first-order valence-corrected chi connectivity index (χ1v) is 9.58. The van der Waals surface area contributed by atoms with E-state index in [0.717, 1.165) is 16.7 Å². The summed E-state index contributed by atoms with van der Waals surface area (Å²) in [6.45, 7) is 0.121. The molecule has 2 aliphatic heterocycles. The van der Waals surface area contributed by atoms with Gasteiger partial charge in [-0.15, -0.1) is 0 Å². The first-order chi connectivity index (χ1) is 14.7. The van der Waals surface area contributed by atoms with Gasteiger partial charge in [-0.1, -0.05) is 0 Å². The molecule has 4 rings (SSSR count). The number of hydrogen-bond donors (Lipinski definition) is 1. The van der Waals surface area contributed by atoms with Gasteiger partial charge in [-0.2, -0.15) is 18.2 Å². The second-order valence-electron chi connectivity index (χ2n) is 7.35. The van der Waals surface area contributed by atoms with Crippen LogP contribution in [0.2, 0.25) is 0 Å². The Morgan fingerprint density at radius 3 is 2.48 bits per heavy atom. The molecule has 2 unspecified atom stereocenters. The lowest BCUT2D eigenvalue weighted by atomic mass is 10.1. The summed E-state index contributed by atoms with van der Waals surface area (Å²) in [4.78, 5) is 19.2. The van der Waals surface area contributed by atoms with E-state index < -0.39 is 47.6 Å². The Bertz CT molecular complexity index is 1010. The molecular weight excluding hydrogens is 427 g/mol. The Balaban J connectivity index is 1.89. The third kappa shape index (κ3) is 4.09. The first kappa shape index (κ1) is 21.5. The van der Waals surface area contributed by atoms with Crippen molar-refractivity contribution in [3.8, 4) is 0 Å². The van der Waals surface area contributed by atoms with E-state index in [-0.39, 0.29) is 44.7 Å². The van der Waals surface area contributed by atoms with Crippen LogP contribution in [0.15, 0.2) is 29.1 Å². The largest absolute Gasteiger partial charge is 0.409 e. The molecule has 0 spiro atoms. The summed E-state index contributed by atoms with van der Waals surface area (Å²) >= 11 is 0. The van der Waals surface area contributed by atoms with Crippen molar-refractivity contribution < 1.29 is 31.8 Å². The van der Waals surface area contributed by atoms with Gasteiger partial charge in [-0.25, -0.2) is 8.78 Å². The number of aliphatic hydroxyl groups is 1. The third-order valence-electron chi connectivity index (χ3n) is 5.36. The van der Waals surface area contributed by atoms with Crippen molar-refractivity contribution >= 4 is 17.5 Å². The van der Waals surface area contributed by atoms with Crippen LogP contribution in [0.25, 0.3) is 0 Å². The summed E-state index contributed by atoms with van der Waals surface area (Å²) < 4.78 is 75.5. The van der Waals surface area contributed by atoms with Gasteiger partial charge in [0.05, 0.1) is 31.5 Å². The fourth-order valence-corrected chi connectivity index (χ4v) is 3.93. The number of anilines is 3. The van der Waals surface area contributed by atoms with Gasteiger partial charge in [0.15, 0.2) is 0 Å². The van der Waals surface area contributed by atoms with Crippen LogP contribution < -0.4 is 15.4 Å². The van der Waals surface area contributed by atoms with Gasteiger partial charge in [0, 0.05) is 25.2 Å². The van der Waals surface area contributed by atoms with Crippen LogP contribution in [0, 0.1) is 11.6 Å². The Labute approximate surface area is 173 Å². The van der Waals surface area contributed by atoms with E-state index in [1.165, 1.54) is 6.07 Å². The number of rotatable bonds is 3. The second kappa shape index (κ2) is 8.08. The summed E-state index contributed by atoms with van der Waals surface area (Å²) in [6.07, 6.45) is -5.24. The molecule has 7 nitrogen and oxygen atoms in total. The second-order valence-corrected chi connectivity index (χ2v) is 7.35. The number of benzene rings is 1. The predicted octanol–water partition coefficient (Wildman–Crippen LogP) is 2.19. The van der Waals surface area contributed by atoms with Crippen molar-refractivity contribution in [2.24, 2.45) is 0 Å². The van der Waals surface area contributed by atoms with Gasteiger partial charge in [0.2, 0.25) is 5.95 Å². The molecule has 0 aliphatic carbocycles. The van der Waals surface area contributed by atoms with Crippen LogP contribution in [0.4, 0.5) is 39.4 Å². The predicted molar refractivity (Wildman–Crippen MR) is 100 cm³/mol. The number of halogens is 5. The molecule has 0 saturated carbocycles. The van der Waals surface area contributed by atoms with Crippen molar-refractivity contribution in [1.82, 2.24) is 9.55 Å².